The maximum Gasteiger partial charge on any atom is 0.319 e. The maximum absolute atomic E-state index is 11.6. The second-order valence-corrected chi connectivity index (χ2v) is 4.12. The van der Waals surface area contributed by atoms with Gasteiger partial charge in [0.2, 0.25) is 5.88 Å². The smallest absolute Gasteiger partial charge is 0.319 e. The summed E-state index contributed by atoms with van der Waals surface area (Å²) in [5, 5.41) is 5.48. The Kier molecular flexibility index (Phi) is 5.26. The number of anilines is 1. The van der Waals surface area contributed by atoms with Crippen LogP contribution in [0.4, 0.5) is 10.5 Å². The molecule has 2 N–H and O–H groups in total. The number of carbonyl (C=O) groups is 1. The average molecular weight is 237 g/mol. The zero-order chi connectivity index (χ0) is 12.7. The van der Waals surface area contributed by atoms with Gasteiger partial charge in [-0.15, -0.1) is 0 Å². The SMILES string of the molecule is COc1ncccc1NC(=O)NCCC(C)C. The number of nitrogens with one attached hydrogen (secondary N) is 2. The molecule has 1 heterocycles. The van der Waals surface area contributed by atoms with Crippen LogP contribution in [0.1, 0.15) is 20.3 Å². The second kappa shape index (κ2) is 6.73. The molecule has 2 amide bonds. The number of urea groups is 1. The summed E-state index contributed by atoms with van der Waals surface area (Å²) in [5.74, 6) is 0.981. The van der Waals surface area contributed by atoms with Gasteiger partial charge in [-0.05, 0) is 24.5 Å². The molecule has 0 aliphatic heterocycles. The first-order valence-electron chi connectivity index (χ1n) is 5.67. The molecule has 0 radical (unpaired) electrons. The number of rotatable bonds is 5. The van der Waals surface area contributed by atoms with Crippen molar-refractivity contribution < 1.29 is 9.53 Å². The summed E-state index contributed by atoms with van der Waals surface area (Å²) in [6.07, 6.45) is 2.57. The van der Waals surface area contributed by atoms with E-state index >= 15 is 0 Å². The Morgan fingerprint density at radius 2 is 2.29 bits per heavy atom. The van der Waals surface area contributed by atoms with E-state index in [-0.39, 0.29) is 6.03 Å². The van der Waals surface area contributed by atoms with E-state index in [2.05, 4.69) is 29.5 Å². The second-order valence-electron chi connectivity index (χ2n) is 4.12. The van der Waals surface area contributed by atoms with Crippen LogP contribution in [0.25, 0.3) is 0 Å². The first kappa shape index (κ1) is 13.3. The minimum atomic E-state index is -0.239. The summed E-state index contributed by atoms with van der Waals surface area (Å²) in [6.45, 7) is 4.89. The van der Waals surface area contributed by atoms with Gasteiger partial charge in [0.1, 0.15) is 5.69 Å². The summed E-state index contributed by atoms with van der Waals surface area (Å²) in [4.78, 5) is 15.6. The number of amides is 2. The highest BCUT2D eigenvalue weighted by atomic mass is 16.5. The Hall–Kier alpha value is -1.78. The molecule has 0 aliphatic carbocycles. The molecule has 0 atom stereocenters. The standard InChI is InChI=1S/C12H19N3O2/c1-9(2)6-8-14-12(16)15-10-5-4-7-13-11(10)17-3/h4-5,7,9H,6,8H2,1-3H3,(H2,14,15,16). The predicted molar refractivity (Wildman–Crippen MR) is 67.3 cm³/mol. The number of hydrogen-bond donors (Lipinski definition) is 2. The quantitative estimate of drug-likeness (QED) is 0.825. The molecule has 94 valence electrons. The zero-order valence-electron chi connectivity index (χ0n) is 10.5. The van der Waals surface area contributed by atoms with Crippen molar-refractivity contribution in [2.75, 3.05) is 19.0 Å². The van der Waals surface area contributed by atoms with Gasteiger partial charge in [-0.1, -0.05) is 13.8 Å². The Morgan fingerprint density at radius 3 is 2.94 bits per heavy atom. The number of hydrogen-bond acceptors (Lipinski definition) is 3. The van der Waals surface area contributed by atoms with E-state index in [1.807, 2.05) is 0 Å². The van der Waals surface area contributed by atoms with E-state index in [1.54, 1.807) is 18.3 Å². The number of aromatic nitrogens is 1. The number of ether oxygens (including phenoxy) is 1. The van der Waals surface area contributed by atoms with Gasteiger partial charge in [0, 0.05) is 12.7 Å². The minimum Gasteiger partial charge on any atom is -0.480 e. The number of pyridine rings is 1. The molecule has 0 unspecified atom stereocenters. The number of carbonyl (C=O) groups excluding carboxylic acids is 1. The lowest BCUT2D eigenvalue weighted by molar-refractivity contribution is 0.251. The van der Waals surface area contributed by atoms with Gasteiger partial charge in [0.15, 0.2) is 0 Å². The molecule has 0 fully saturated rings. The van der Waals surface area contributed by atoms with Crippen molar-refractivity contribution in [2.45, 2.75) is 20.3 Å². The minimum absolute atomic E-state index is 0.239. The highest BCUT2D eigenvalue weighted by Gasteiger charge is 2.07. The maximum atomic E-state index is 11.6. The van der Waals surface area contributed by atoms with Crippen LogP contribution in [-0.2, 0) is 0 Å². The van der Waals surface area contributed by atoms with Crippen LogP contribution in [0.5, 0.6) is 5.88 Å². The third kappa shape index (κ3) is 4.72. The summed E-state index contributed by atoms with van der Waals surface area (Å²) < 4.78 is 5.04. The highest BCUT2D eigenvalue weighted by molar-refractivity contribution is 5.90. The van der Waals surface area contributed by atoms with Gasteiger partial charge >= 0.3 is 6.03 Å². The zero-order valence-corrected chi connectivity index (χ0v) is 10.5. The fourth-order valence-electron chi connectivity index (χ4n) is 1.29. The summed E-state index contributed by atoms with van der Waals surface area (Å²) >= 11 is 0. The molecule has 0 bridgehead atoms. The first-order valence-corrected chi connectivity index (χ1v) is 5.67. The lowest BCUT2D eigenvalue weighted by atomic mass is 10.1. The van der Waals surface area contributed by atoms with Gasteiger partial charge < -0.3 is 15.4 Å². The van der Waals surface area contributed by atoms with Crippen molar-refractivity contribution in [3.63, 3.8) is 0 Å². The molecule has 17 heavy (non-hydrogen) atoms. The lowest BCUT2D eigenvalue weighted by Gasteiger charge is -2.10. The van der Waals surface area contributed by atoms with Crippen molar-refractivity contribution in [1.82, 2.24) is 10.3 Å². The average Bonchev–Trinajstić information content (AvgIpc) is 2.29. The molecule has 0 aromatic carbocycles. The van der Waals surface area contributed by atoms with Crippen molar-refractivity contribution >= 4 is 11.7 Å². The Morgan fingerprint density at radius 1 is 1.53 bits per heavy atom. The van der Waals surface area contributed by atoms with E-state index in [4.69, 9.17) is 4.74 Å². The molecule has 5 nitrogen and oxygen atoms in total. The Balaban J connectivity index is 2.45. The topological polar surface area (TPSA) is 63.2 Å². The molecule has 0 saturated heterocycles. The fourth-order valence-corrected chi connectivity index (χ4v) is 1.29. The van der Waals surface area contributed by atoms with Gasteiger partial charge in [-0.25, -0.2) is 9.78 Å². The Bertz CT molecular complexity index is 367. The molecule has 0 saturated carbocycles. The molecule has 0 spiro atoms. The lowest BCUT2D eigenvalue weighted by Crippen LogP contribution is -2.30. The van der Waals surface area contributed by atoms with Gasteiger partial charge in [0.05, 0.1) is 7.11 Å². The molecule has 1 aromatic heterocycles. The molecular formula is C12H19N3O2. The van der Waals surface area contributed by atoms with Crippen LogP contribution in [0.2, 0.25) is 0 Å². The molecule has 5 heteroatoms. The molecule has 1 aromatic rings. The normalized spacial score (nSPS) is 10.1. The van der Waals surface area contributed by atoms with Crippen molar-refractivity contribution in [2.24, 2.45) is 5.92 Å². The number of nitrogens with zero attached hydrogens (tertiary/aromatic N) is 1. The molecular weight excluding hydrogens is 218 g/mol. The predicted octanol–water partition coefficient (Wildman–Crippen LogP) is 2.26. The largest absolute Gasteiger partial charge is 0.480 e. The summed E-state index contributed by atoms with van der Waals surface area (Å²) in [6, 6.07) is 3.25. The summed E-state index contributed by atoms with van der Waals surface area (Å²) in [7, 11) is 1.52. The van der Waals surface area contributed by atoms with Crippen molar-refractivity contribution in [3.8, 4) is 5.88 Å². The third-order valence-electron chi connectivity index (χ3n) is 2.22. The van der Waals surface area contributed by atoms with E-state index in [0.717, 1.165) is 6.42 Å². The first-order chi connectivity index (χ1) is 8.13. The van der Waals surface area contributed by atoms with Gasteiger partial charge in [-0.2, -0.15) is 0 Å². The third-order valence-corrected chi connectivity index (χ3v) is 2.22. The van der Waals surface area contributed by atoms with Gasteiger partial charge in [0.25, 0.3) is 0 Å². The van der Waals surface area contributed by atoms with Crippen LogP contribution in [0.15, 0.2) is 18.3 Å². The van der Waals surface area contributed by atoms with E-state index < -0.39 is 0 Å². The van der Waals surface area contributed by atoms with Crippen LogP contribution in [-0.4, -0.2) is 24.7 Å². The molecule has 1 rings (SSSR count). The van der Waals surface area contributed by atoms with Gasteiger partial charge in [-0.3, -0.25) is 0 Å². The Labute approximate surface area is 102 Å². The van der Waals surface area contributed by atoms with Crippen LogP contribution >= 0.6 is 0 Å². The van der Waals surface area contributed by atoms with Crippen LogP contribution < -0.4 is 15.4 Å². The van der Waals surface area contributed by atoms with E-state index in [0.29, 0.717) is 24.0 Å². The summed E-state index contributed by atoms with van der Waals surface area (Å²) in [5.41, 5.74) is 0.567. The fraction of sp³-hybridized carbons (Fsp3) is 0.500. The molecule has 0 aliphatic rings. The highest BCUT2D eigenvalue weighted by Crippen LogP contribution is 2.19. The van der Waals surface area contributed by atoms with E-state index in [9.17, 15) is 4.79 Å². The van der Waals surface area contributed by atoms with Crippen molar-refractivity contribution in [1.29, 1.82) is 0 Å². The number of methoxy groups -OCH3 is 1. The monoisotopic (exact) mass is 237 g/mol. The van der Waals surface area contributed by atoms with Crippen LogP contribution in [0, 0.1) is 5.92 Å². The van der Waals surface area contributed by atoms with E-state index in [1.165, 1.54) is 7.11 Å². The van der Waals surface area contributed by atoms with Crippen molar-refractivity contribution in [3.05, 3.63) is 18.3 Å². The van der Waals surface area contributed by atoms with Crippen LogP contribution in [0.3, 0.4) is 0 Å².